The number of carboxylic acid groups (broad SMARTS) is 1. The molecule has 1 heterocycles. The van der Waals surface area contributed by atoms with Gasteiger partial charge in [-0.25, -0.2) is 0 Å². The number of hydrogen-bond donors (Lipinski definition) is 2. The number of amides is 1. The average molecular weight is 397 g/mol. The summed E-state index contributed by atoms with van der Waals surface area (Å²) in [6, 6.07) is 6.89. The summed E-state index contributed by atoms with van der Waals surface area (Å²) in [4.78, 5) is 36.4. The first kappa shape index (κ1) is 20.8. The van der Waals surface area contributed by atoms with E-state index in [2.05, 4.69) is 26.1 Å². The molecule has 1 atom stereocenters. The van der Waals surface area contributed by atoms with Crippen LogP contribution in [0.4, 0.5) is 0 Å². The highest BCUT2D eigenvalue weighted by Crippen LogP contribution is 2.30. The summed E-state index contributed by atoms with van der Waals surface area (Å²) in [7, 11) is 0. The summed E-state index contributed by atoms with van der Waals surface area (Å²) in [6.45, 7) is 7.99. The summed E-state index contributed by atoms with van der Waals surface area (Å²) < 4.78 is 5.69. The molecule has 0 saturated heterocycles. The highest BCUT2D eigenvalue weighted by molar-refractivity contribution is 6.03. The minimum absolute atomic E-state index is 0.00796. The standard InChI is InChI=1S/C23H27NO5/c1-13-20-17(25)6-5-7-18(20)29-21(13)22(28)24-16(12-19(26)27)14-8-10-15(11-9-14)23(2,3)4/h8-11,16H,5-7,12H2,1-4H3,(H,24,28)(H,26,27). The van der Waals surface area contributed by atoms with Gasteiger partial charge in [0.2, 0.25) is 0 Å². The summed E-state index contributed by atoms with van der Waals surface area (Å²) >= 11 is 0. The molecular weight excluding hydrogens is 370 g/mol. The highest BCUT2D eigenvalue weighted by atomic mass is 16.4. The van der Waals surface area contributed by atoms with Crippen LogP contribution in [0, 0.1) is 6.92 Å². The lowest BCUT2D eigenvalue weighted by molar-refractivity contribution is -0.137. The quantitative estimate of drug-likeness (QED) is 0.782. The number of benzene rings is 1. The number of carbonyl (C=O) groups is 3. The van der Waals surface area contributed by atoms with Crippen molar-refractivity contribution in [2.24, 2.45) is 0 Å². The number of rotatable bonds is 5. The second-order valence-electron chi connectivity index (χ2n) is 8.63. The third kappa shape index (κ3) is 4.42. The molecule has 2 N–H and O–H groups in total. The maximum absolute atomic E-state index is 12.9. The van der Waals surface area contributed by atoms with Crippen LogP contribution >= 0.6 is 0 Å². The zero-order valence-corrected chi connectivity index (χ0v) is 17.3. The molecule has 1 aromatic heterocycles. The van der Waals surface area contributed by atoms with Crippen LogP contribution in [0.2, 0.25) is 0 Å². The van der Waals surface area contributed by atoms with Crippen LogP contribution < -0.4 is 5.32 Å². The third-order valence-corrected chi connectivity index (χ3v) is 5.38. The van der Waals surface area contributed by atoms with Gasteiger partial charge in [-0.2, -0.15) is 0 Å². The van der Waals surface area contributed by atoms with E-state index in [4.69, 9.17) is 4.42 Å². The highest BCUT2D eigenvalue weighted by Gasteiger charge is 2.30. The molecule has 0 radical (unpaired) electrons. The van der Waals surface area contributed by atoms with E-state index in [1.165, 1.54) is 0 Å². The van der Waals surface area contributed by atoms with E-state index in [1.54, 1.807) is 6.92 Å². The summed E-state index contributed by atoms with van der Waals surface area (Å²) in [5.41, 5.74) is 2.83. The Bertz CT molecular complexity index is 947. The smallest absolute Gasteiger partial charge is 0.305 e. The van der Waals surface area contributed by atoms with Gasteiger partial charge in [-0.1, -0.05) is 45.0 Å². The SMILES string of the molecule is Cc1c(C(=O)NC(CC(=O)O)c2ccc(C(C)(C)C)cc2)oc2c1C(=O)CCC2. The van der Waals surface area contributed by atoms with Crippen LogP contribution in [-0.2, 0) is 16.6 Å². The molecule has 1 aliphatic carbocycles. The minimum Gasteiger partial charge on any atom is -0.481 e. The second kappa shape index (κ2) is 7.85. The molecule has 29 heavy (non-hydrogen) atoms. The van der Waals surface area contributed by atoms with Crippen molar-refractivity contribution in [2.75, 3.05) is 0 Å². The van der Waals surface area contributed by atoms with E-state index in [1.807, 2.05) is 24.3 Å². The second-order valence-corrected chi connectivity index (χ2v) is 8.63. The Morgan fingerprint density at radius 1 is 1.17 bits per heavy atom. The molecule has 0 bridgehead atoms. The molecule has 0 saturated carbocycles. The Balaban J connectivity index is 1.87. The van der Waals surface area contributed by atoms with Crippen LogP contribution in [0.5, 0.6) is 0 Å². The van der Waals surface area contributed by atoms with Gasteiger partial charge in [0, 0.05) is 18.4 Å². The Morgan fingerprint density at radius 3 is 2.38 bits per heavy atom. The maximum atomic E-state index is 12.9. The lowest BCUT2D eigenvalue weighted by Gasteiger charge is -2.21. The van der Waals surface area contributed by atoms with E-state index in [0.29, 0.717) is 41.7 Å². The van der Waals surface area contributed by atoms with Crippen molar-refractivity contribution in [3.05, 3.63) is 58.0 Å². The molecule has 154 valence electrons. The van der Waals surface area contributed by atoms with E-state index in [9.17, 15) is 19.5 Å². The predicted octanol–water partition coefficient (Wildman–Crippen LogP) is 4.35. The average Bonchev–Trinajstić information content (AvgIpc) is 2.98. The first-order valence-corrected chi connectivity index (χ1v) is 9.86. The monoisotopic (exact) mass is 397 g/mol. The Labute approximate surface area is 170 Å². The predicted molar refractivity (Wildman–Crippen MR) is 108 cm³/mol. The van der Waals surface area contributed by atoms with Crippen molar-refractivity contribution in [1.29, 1.82) is 0 Å². The van der Waals surface area contributed by atoms with E-state index < -0.39 is 17.9 Å². The lowest BCUT2D eigenvalue weighted by Crippen LogP contribution is -2.30. The molecule has 3 rings (SSSR count). The molecule has 0 aliphatic heterocycles. The van der Waals surface area contributed by atoms with Gasteiger partial charge in [0.15, 0.2) is 11.5 Å². The summed E-state index contributed by atoms with van der Waals surface area (Å²) in [6.07, 6.45) is 1.54. The van der Waals surface area contributed by atoms with Crippen molar-refractivity contribution in [3.8, 4) is 0 Å². The fourth-order valence-electron chi connectivity index (χ4n) is 3.73. The van der Waals surface area contributed by atoms with Crippen molar-refractivity contribution < 1.29 is 23.9 Å². The van der Waals surface area contributed by atoms with Crippen LogP contribution in [0.25, 0.3) is 0 Å². The maximum Gasteiger partial charge on any atom is 0.305 e. The van der Waals surface area contributed by atoms with Gasteiger partial charge in [-0.05, 0) is 29.9 Å². The number of aliphatic carboxylic acids is 1. The molecular formula is C23H27NO5. The van der Waals surface area contributed by atoms with Crippen molar-refractivity contribution in [3.63, 3.8) is 0 Å². The van der Waals surface area contributed by atoms with Gasteiger partial charge < -0.3 is 14.8 Å². The number of Topliss-reactive ketones (excluding diaryl/α,β-unsaturated/α-hetero) is 1. The van der Waals surface area contributed by atoms with Gasteiger partial charge in [0.05, 0.1) is 18.0 Å². The molecule has 6 heteroatoms. The molecule has 1 amide bonds. The van der Waals surface area contributed by atoms with Crippen LogP contribution in [0.3, 0.4) is 0 Å². The largest absolute Gasteiger partial charge is 0.481 e. The van der Waals surface area contributed by atoms with Gasteiger partial charge in [0.25, 0.3) is 5.91 Å². The summed E-state index contributed by atoms with van der Waals surface area (Å²) in [5, 5.41) is 12.1. The third-order valence-electron chi connectivity index (χ3n) is 5.38. The lowest BCUT2D eigenvalue weighted by atomic mass is 9.86. The normalized spacial score (nSPS) is 15.0. The van der Waals surface area contributed by atoms with Gasteiger partial charge >= 0.3 is 5.97 Å². The molecule has 0 spiro atoms. The van der Waals surface area contributed by atoms with Gasteiger partial charge in [0.1, 0.15) is 5.76 Å². The first-order valence-electron chi connectivity index (χ1n) is 9.86. The molecule has 1 aromatic carbocycles. The molecule has 1 aliphatic rings. The molecule has 0 fully saturated rings. The first-order chi connectivity index (χ1) is 13.6. The zero-order chi connectivity index (χ0) is 21.3. The Kier molecular flexibility index (Phi) is 5.64. The van der Waals surface area contributed by atoms with Gasteiger partial charge in [-0.3, -0.25) is 14.4 Å². The van der Waals surface area contributed by atoms with Crippen molar-refractivity contribution in [1.82, 2.24) is 5.32 Å². The molecule has 1 unspecified atom stereocenters. The summed E-state index contributed by atoms with van der Waals surface area (Å²) in [5.74, 6) is -0.886. The number of aryl methyl sites for hydroxylation is 1. The fraction of sp³-hybridized carbons (Fsp3) is 0.435. The topological polar surface area (TPSA) is 96.6 Å². The van der Waals surface area contributed by atoms with Crippen LogP contribution in [0.15, 0.2) is 28.7 Å². The number of fused-ring (bicyclic) bond motifs is 1. The van der Waals surface area contributed by atoms with Crippen molar-refractivity contribution in [2.45, 2.75) is 64.8 Å². The van der Waals surface area contributed by atoms with E-state index >= 15 is 0 Å². The fourth-order valence-corrected chi connectivity index (χ4v) is 3.73. The minimum atomic E-state index is -1.01. The number of furan rings is 1. The number of hydrogen-bond acceptors (Lipinski definition) is 4. The zero-order valence-electron chi connectivity index (χ0n) is 17.3. The number of carboxylic acids is 1. The molecule has 6 nitrogen and oxygen atoms in total. The Hall–Kier alpha value is -2.89. The number of ketones is 1. The number of nitrogens with one attached hydrogen (secondary N) is 1. The van der Waals surface area contributed by atoms with Crippen molar-refractivity contribution >= 4 is 17.7 Å². The van der Waals surface area contributed by atoms with E-state index in [0.717, 1.165) is 5.56 Å². The van der Waals surface area contributed by atoms with Crippen LogP contribution in [0.1, 0.15) is 89.4 Å². The molecule has 2 aromatic rings. The number of carbonyl (C=O) groups excluding carboxylic acids is 2. The van der Waals surface area contributed by atoms with E-state index in [-0.39, 0.29) is 23.4 Å². The Morgan fingerprint density at radius 2 is 1.83 bits per heavy atom. The van der Waals surface area contributed by atoms with Gasteiger partial charge in [-0.15, -0.1) is 0 Å². The van der Waals surface area contributed by atoms with Crippen LogP contribution in [-0.4, -0.2) is 22.8 Å².